The molecule has 21 heavy (non-hydrogen) atoms. The zero-order valence-electron chi connectivity index (χ0n) is 12.5. The molecule has 0 spiro atoms. The quantitative estimate of drug-likeness (QED) is 0.793. The number of piperazine rings is 1. The number of thiazole rings is 1. The fourth-order valence-electron chi connectivity index (χ4n) is 2.49. The van der Waals surface area contributed by atoms with E-state index < -0.39 is 0 Å². The first-order valence-corrected chi connectivity index (χ1v) is 8.17. The van der Waals surface area contributed by atoms with Gasteiger partial charge in [0.1, 0.15) is 0 Å². The van der Waals surface area contributed by atoms with Crippen LogP contribution in [-0.4, -0.2) is 53.9 Å². The predicted octanol–water partition coefficient (Wildman–Crippen LogP) is 0.321. The van der Waals surface area contributed by atoms with E-state index in [2.05, 4.69) is 15.6 Å². The number of nitrogens with zero attached hydrogens (tertiary/aromatic N) is 2. The van der Waals surface area contributed by atoms with Crippen LogP contribution in [0, 0.1) is 6.92 Å². The van der Waals surface area contributed by atoms with E-state index in [1.165, 1.54) is 4.88 Å². The number of hydrogen-bond acceptors (Lipinski definition) is 5. The van der Waals surface area contributed by atoms with Gasteiger partial charge in [-0.05, 0) is 13.5 Å². The minimum Gasteiger partial charge on any atom is -0.356 e. The van der Waals surface area contributed by atoms with Crippen LogP contribution in [0.15, 0.2) is 5.51 Å². The summed E-state index contributed by atoms with van der Waals surface area (Å²) in [5.41, 5.74) is 2.84. The highest BCUT2D eigenvalue weighted by Gasteiger charge is 2.30. The second-order valence-corrected chi connectivity index (χ2v) is 6.04. The van der Waals surface area contributed by atoms with Gasteiger partial charge in [-0.3, -0.25) is 14.5 Å². The van der Waals surface area contributed by atoms with Gasteiger partial charge < -0.3 is 10.6 Å². The summed E-state index contributed by atoms with van der Waals surface area (Å²) in [5, 5.41) is 5.71. The summed E-state index contributed by atoms with van der Waals surface area (Å²) >= 11 is 1.61. The number of aromatic nitrogens is 1. The van der Waals surface area contributed by atoms with E-state index in [9.17, 15) is 9.59 Å². The van der Waals surface area contributed by atoms with Crippen LogP contribution in [0.2, 0.25) is 0 Å². The third kappa shape index (κ3) is 4.25. The second-order valence-electron chi connectivity index (χ2n) is 5.10. The van der Waals surface area contributed by atoms with Crippen LogP contribution in [0.5, 0.6) is 0 Å². The molecule has 0 saturated carbocycles. The molecular weight excluding hydrogens is 288 g/mol. The molecule has 1 aliphatic rings. The van der Waals surface area contributed by atoms with E-state index >= 15 is 0 Å². The Kier molecular flexibility index (Phi) is 5.69. The first-order chi connectivity index (χ1) is 10.1. The van der Waals surface area contributed by atoms with Gasteiger partial charge in [0, 0.05) is 30.9 Å². The zero-order chi connectivity index (χ0) is 15.2. The van der Waals surface area contributed by atoms with Crippen molar-refractivity contribution in [2.24, 2.45) is 0 Å². The number of carbonyl (C=O) groups is 2. The van der Waals surface area contributed by atoms with Crippen molar-refractivity contribution in [2.45, 2.75) is 32.7 Å². The summed E-state index contributed by atoms with van der Waals surface area (Å²) in [6.07, 6.45) is 1.01. The molecule has 2 N–H and O–H groups in total. The molecular formula is C14H22N4O2S. The lowest BCUT2D eigenvalue weighted by molar-refractivity contribution is -0.133. The lowest BCUT2D eigenvalue weighted by atomic mass is 10.1. The minimum atomic E-state index is -0.339. The molecule has 1 atom stereocenters. The topological polar surface area (TPSA) is 74.3 Å². The molecule has 0 bridgehead atoms. The van der Waals surface area contributed by atoms with Crippen molar-refractivity contribution in [3.05, 3.63) is 16.1 Å². The number of carbonyl (C=O) groups excluding carboxylic acids is 2. The SMILES string of the molecule is CCN1CCNC(=O)[C@@H]1CC(=O)NCCc1scnc1C. The Labute approximate surface area is 128 Å². The van der Waals surface area contributed by atoms with Crippen LogP contribution < -0.4 is 10.6 Å². The summed E-state index contributed by atoms with van der Waals surface area (Å²) in [4.78, 5) is 31.3. The van der Waals surface area contributed by atoms with Crippen LogP contribution in [0.25, 0.3) is 0 Å². The van der Waals surface area contributed by atoms with Gasteiger partial charge in [-0.1, -0.05) is 6.92 Å². The van der Waals surface area contributed by atoms with E-state index in [-0.39, 0.29) is 24.3 Å². The largest absolute Gasteiger partial charge is 0.356 e. The molecule has 2 rings (SSSR count). The van der Waals surface area contributed by atoms with Crippen LogP contribution in [0.3, 0.4) is 0 Å². The summed E-state index contributed by atoms with van der Waals surface area (Å²) in [6, 6.07) is -0.339. The number of aryl methyl sites for hydroxylation is 1. The third-order valence-electron chi connectivity index (χ3n) is 3.75. The number of nitrogens with one attached hydrogen (secondary N) is 2. The molecule has 0 unspecified atom stereocenters. The van der Waals surface area contributed by atoms with Gasteiger partial charge in [-0.2, -0.15) is 0 Å². The van der Waals surface area contributed by atoms with Crippen LogP contribution in [-0.2, 0) is 16.0 Å². The first-order valence-electron chi connectivity index (χ1n) is 7.29. The smallest absolute Gasteiger partial charge is 0.237 e. The molecule has 0 aliphatic carbocycles. The Hall–Kier alpha value is -1.47. The maximum Gasteiger partial charge on any atom is 0.237 e. The Balaban J connectivity index is 1.78. The number of hydrogen-bond donors (Lipinski definition) is 2. The van der Waals surface area contributed by atoms with Crippen LogP contribution >= 0.6 is 11.3 Å². The molecule has 1 saturated heterocycles. The molecule has 6 nitrogen and oxygen atoms in total. The predicted molar refractivity (Wildman–Crippen MR) is 82.2 cm³/mol. The van der Waals surface area contributed by atoms with Gasteiger partial charge in [0.25, 0.3) is 0 Å². The van der Waals surface area contributed by atoms with E-state index in [0.29, 0.717) is 13.1 Å². The van der Waals surface area contributed by atoms with E-state index in [4.69, 9.17) is 0 Å². The van der Waals surface area contributed by atoms with Crippen molar-refractivity contribution in [3.63, 3.8) is 0 Å². The van der Waals surface area contributed by atoms with Gasteiger partial charge in [-0.15, -0.1) is 11.3 Å². The van der Waals surface area contributed by atoms with Crippen molar-refractivity contribution in [1.82, 2.24) is 20.5 Å². The lowest BCUT2D eigenvalue weighted by Gasteiger charge is -2.33. The fourth-order valence-corrected chi connectivity index (χ4v) is 3.27. The fraction of sp³-hybridized carbons (Fsp3) is 0.643. The summed E-state index contributed by atoms with van der Waals surface area (Å²) in [7, 11) is 0. The minimum absolute atomic E-state index is 0.0449. The van der Waals surface area contributed by atoms with Gasteiger partial charge in [0.05, 0.1) is 23.7 Å². The first kappa shape index (κ1) is 15.9. The monoisotopic (exact) mass is 310 g/mol. The Morgan fingerprint density at radius 3 is 3.10 bits per heavy atom. The van der Waals surface area contributed by atoms with Gasteiger partial charge in [-0.25, -0.2) is 4.98 Å². The highest BCUT2D eigenvalue weighted by Crippen LogP contribution is 2.12. The van der Waals surface area contributed by atoms with E-state index in [0.717, 1.165) is 25.2 Å². The lowest BCUT2D eigenvalue weighted by Crippen LogP contribution is -2.56. The van der Waals surface area contributed by atoms with Crippen LogP contribution in [0.1, 0.15) is 23.9 Å². The van der Waals surface area contributed by atoms with Crippen molar-refractivity contribution in [2.75, 3.05) is 26.2 Å². The van der Waals surface area contributed by atoms with E-state index in [1.54, 1.807) is 11.3 Å². The molecule has 2 amide bonds. The molecule has 2 heterocycles. The zero-order valence-corrected chi connectivity index (χ0v) is 13.3. The molecule has 116 valence electrons. The van der Waals surface area contributed by atoms with Crippen molar-refractivity contribution in [3.8, 4) is 0 Å². The van der Waals surface area contributed by atoms with Gasteiger partial charge in [0.15, 0.2) is 0 Å². The standard InChI is InChI=1S/C14H22N4O2S/c1-3-18-7-6-16-14(20)11(18)8-13(19)15-5-4-12-10(2)17-9-21-12/h9,11H,3-8H2,1-2H3,(H,15,19)(H,16,20)/t11-/m0/s1. The molecule has 0 aromatic carbocycles. The maximum atomic E-state index is 12.0. The normalized spacial score (nSPS) is 19.3. The average molecular weight is 310 g/mol. The molecule has 7 heteroatoms. The maximum absolute atomic E-state index is 12.0. The highest BCUT2D eigenvalue weighted by molar-refractivity contribution is 7.09. The van der Waals surface area contributed by atoms with Gasteiger partial charge in [0.2, 0.25) is 11.8 Å². The van der Waals surface area contributed by atoms with E-state index in [1.807, 2.05) is 24.3 Å². The summed E-state index contributed by atoms with van der Waals surface area (Å²) in [6.45, 7) is 6.82. The Bertz CT molecular complexity index is 503. The molecule has 1 aliphatic heterocycles. The Morgan fingerprint density at radius 2 is 2.43 bits per heavy atom. The van der Waals surface area contributed by atoms with Crippen molar-refractivity contribution < 1.29 is 9.59 Å². The molecule has 1 aromatic rings. The van der Waals surface area contributed by atoms with Gasteiger partial charge >= 0.3 is 0 Å². The Morgan fingerprint density at radius 1 is 1.62 bits per heavy atom. The van der Waals surface area contributed by atoms with Crippen molar-refractivity contribution >= 4 is 23.2 Å². The number of amides is 2. The summed E-state index contributed by atoms with van der Waals surface area (Å²) in [5.74, 6) is -0.116. The molecule has 1 fully saturated rings. The number of likely N-dealkylation sites (N-methyl/N-ethyl adjacent to an activating group) is 1. The second kappa shape index (κ2) is 7.51. The third-order valence-corrected chi connectivity index (χ3v) is 4.74. The van der Waals surface area contributed by atoms with Crippen LogP contribution in [0.4, 0.5) is 0 Å². The number of rotatable bonds is 6. The highest BCUT2D eigenvalue weighted by atomic mass is 32.1. The molecule has 1 aromatic heterocycles. The molecule has 0 radical (unpaired) electrons. The van der Waals surface area contributed by atoms with Crippen molar-refractivity contribution in [1.29, 1.82) is 0 Å². The average Bonchev–Trinajstić information content (AvgIpc) is 2.87. The summed E-state index contributed by atoms with van der Waals surface area (Å²) < 4.78 is 0.